The van der Waals surface area contributed by atoms with Gasteiger partial charge in [0.1, 0.15) is 0 Å². The van der Waals surface area contributed by atoms with Gasteiger partial charge in [0, 0.05) is 5.56 Å². The standard InChI is InChI=1S/C15H6Cl4F6/c16-9-6-8(10(17)12(19)11(9)18)13(14(20,21)22,15(23,24)25)7-4-2-1-3-5-7/h1-6H. The quantitative estimate of drug-likeness (QED) is 0.254. The van der Waals surface area contributed by atoms with Gasteiger partial charge in [-0.25, -0.2) is 0 Å². The van der Waals surface area contributed by atoms with Crippen molar-refractivity contribution in [3.05, 3.63) is 67.6 Å². The molecule has 0 nitrogen and oxygen atoms in total. The minimum absolute atomic E-state index is 0.437. The lowest BCUT2D eigenvalue weighted by Crippen LogP contribution is -2.55. The number of rotatable bonds is 2. The lowest BCUT2D eigenvalue weighted by atomic mass is 9.73. The van der Waals surface area contributed by atoms with E-state index in [1.165, 1.54) is 6.07 Å². The van der Waals surface area contributed by atoms with Crippen molar-refractivity contribution in [1.82, 2.24) is 0 Å². The molecule has 2 aromatic carbocycles. The minimum atomic E-state index is -5.79. The van der Waals surface area contributed by atoms with Gasteiger partial charge in [0.15, 0.2) is 0 Å². The zero-order valence-corrected chi connectivity index (χ0v) is 14.8. The third-order valence-corrected chi connectivity index (χ3v) is 5.32. The summed E-state index contributed by atoms with van der Waals surface area (Å²) in [7, 11) is 0. The Bertz CT molecular complexity index is 769. The Morgan fingerprint density at radius 3 is 1.56 bits per heavy atom. The van der Waals surface area contributed by atoms with Crippen molar-refractivity contribution >= 4 is 46.4 Å². The molecule has 0 saturated heterocycles. The fourth-order valence-electron chi connectivity index (χ4n) is 2.48. The molecule has 2 aromatic rings. The van der Waals surface area contributed by atoms with Crippen LogP contribution in [0.1, 0.15) is 11.1 Å². The monoisotopic (exact) mass is 440 g/mol. The summed E-state index contributed by atoms with van der Waals surface area (Å²) >= 11 is 22.8. The van der Waals surface area contributed by atoms with Gasteiger partial charge in [-0.15, -0.1) is 0 Å². The predicted molar refractivity (Wildman–Crippen MR) is 85.8 cm³/mol. The van der Waals surface area contributed by atoms with Crippen LogP contribution in [0.3, 0.4) is 0 Å². The average molecular weight is 442 g/mol. The Morgan fingerprint density at radius 2 is 1.12 bits per heavy atom. The Balaban J connectivity index is 3.06. The maximum atomic E-state index is 13.9. The lowest BCUT2D eigenvalue weighted by Gasteiger charge is -2.39. The first-order chi connectivity index (χ1) is 11.4. The van der Waals surface area contributed by atoms with Gasteiger partial charge in [-0.2, -0.15) is 26.3 Å². The van der Waals surface area contributed by atoms with Crippen LogP contribution in [-0.4, -0.2) is 12.4 Å². The summed E-state index contributed by atoms with van der Waals surface area (Å²) in [6.45, 7) is 0. The molecule has 0 heterocycles. The summed E-state index contributed by atoms with van der Waals surface area (Å²) in [5, 5.41) is -2.70. The molecule has 0 aliphatic heterocycles. The zero-order chi connectivity index (χ0) is 19.2. The van der Waals surface area contributed by atoms with Crippen molar-refractivity contribution < 1.29 is 26.3 Å². The number of hydrogen-bond acceptors (Lipinski definition) is 0. The van der Waals surface area contributed by atoms with Gasteiger partial charge in [0.25, 0.3) is 0 Å². The van der Waals surface area contributed by atoms with E-state index < -0.39 is 49.0 Å². The van der Waals surface area contributed by atoms with Gasteiger partial charge in [0.05, 0.1) is 20.1 Å². The fourth-order valence-corrected chi connectivity index (χ4v) is 3.43. The van der Waals surface area contributed by atoms with Crippen molar-refractivity contribution in [3.63, 3.8) is 0 Å². The number of halogens is 10. The van der Waals surface area contributed by atoms with Crippen LogP contribution < -0.4 is 0 Å². The molecule has 0 saturated carbocycles. The Hall–Kier alpha value is -0.820. The Labute approximate surface area is 158 Å². The van der Waals surface area contributed by atoms with Crippen LogP contribution in [0, 0.1) is 0 Å². The SMILES string of the molecule is FC(F)(F)C(c1ccccc1)(c1cc(Cl)c(Cl)c(Cl)c1Cl)C(F)(F)F. The molecular weight excluding hydrogens is 436 g/mol. The molecule has 0 fully saturated rings. The van der Waals surface area contributed by atoms with Gasteiger partial charge >= 0.3 is 12.4 Å². The molecule has 25 heavy (non-hydrogen) atoms. The maximum absolute atomic E-state index is 13.9. The van der Waals surface area contributed by atoms with E-state index in [0.717, 1.165) is 12.1 Å². The second kappa shape index (κ2) is 6.72. The summed E-state index contributed by atoms with van der Waals surface area (Å²) in [4.78, 5) is 0. The predicted octanol–water partition coefficient (Wildman–Crippen LogP) is 7.71. The number of benzene rings is 2. The van der Waals surface area contributed by atoms with Gasteiger partial charge in [-0.1, -0.05) is 76.7 Å². The third-order valence-electron chi connectivity index (χ3n) is 3.56. The van der Waals surface area contributed by atoms with Crippen LogP contribution >= 0.6 is 46.4 Å². The summed E-state index contributed by atoms with van der Waals surface area (Å²) < 4.78 is 83.3. The van der Waals surface area contributed by atoms with Crippen molar-refractivity contribution in [3.8, 4) is 0 Å². The molecule has 0 aliphatic carbocycles. The van der Waals surface area contributed by atoms with Crippen molar-refractivity contribution in [2.75, 3.05) is 0 Å². The summed E-state index contributed by atoms with van der Waals surface area (Å²) in [6, 6.07) is 5.22. The maximum Gasteiger partial charge on any atom is 0.411 e. The second-order valence-electron chi connectivity index (χ2n) is 4.96. The normalized spacial score (nSPS) is 13.2. The second-order valence-corrected chi connectivity index (χ2v) is 6.50. The molecule has 0 N–H and O–H groups in total. The summed E-state index contributed by atoms with van der Waals surface area (Å²) in [6.07, 6.45) is -11.6. The van der Waals surface area contributed by atoms with E-state index in [1.54, 1.807) is 0 Å². The summed E-state index contributed by atoms with van der Waals surface area (Å²) in [5.74, 6) is 0. The molecule has 0 aliphatic rings. The van der Waals surface area contributed by atoms with Crippen molar-refractivity contribution in [2.45, 2.75) is 17.8 Å². The zero-order valence-electron chi connectivity index (χ0n) is 11.7. The first-order valence-electron chi connectivity index (χ1n) is 6.38. The Morgan fingerprint density at radius 1 is 0.640 bits per heavy atom. The Kier molecular flexibility index (Phi) is 5.51. The van der Waals surface area contributed by atoms with Gasteiger partial charge in [-0.05, 0) is 11.6 Å². The molecule has 2 rings (SSSR count). The molecular formula is C15H6Cl4F6. The van der Waals surface area contributed by atoms with Crippen LogP contribution in [0.4, 0.5) is 26.3 Å². The van der Waals surface area contributed by atoms with E-state index >= 15 is 0 Å². The van der Waals surface area contributed by atoms with Crippen LogP contribution in [0.2, 0.25) is 20.1 Å². The molecule has 0 radical (unpaired) electrons. The van der Waals surface area contributed by atoms with Crippen molar-refractivity contribution in [2.24, 2.45) is 0 Å². The first-order valence-corrected chi connectivity index (χ1v) is 7.89. The van der Waals surface area contributed by atoms with E-state index in [-0.39, 0.29) is 0 Å². The van der Waals surface area contributed by atoms with Gasteiger partial charge < -0.3 is 0 Å². The number of alkyl halides is 6. The van der Waals surface area contributed by atoms with Crippen LogP contribution in [0.25, 0.3) is 0 Å². The van der Waals surface area contributed by atoms with E-state index in [4.69, 9.17) is 46.4 Å². The molecule has 0 atom stereocenters. The van der Waals surface area contributed by atoms with Gasteiger partial charge in [0.2, 0.25) is 5.41 Å². The smallest absolute Gasteiger partial charge is 0.169 e. The highest BCUT2D eigenvalue weighted by atomic mass is 35.5. The van der Waals surface area contributed by atoms with Crippen molar-refractivity contribution in [1.29, 1.82) is 0 Å². The largest absolute Gasteiger partial charge is 0.411 e. The molecule has 0 spiro atoms. The highest BCUT2D eigenvalue weighted by molar-refractivity contribution is 6.52. The van der Waals surface area contributed by atoms with E-state index in [0.29, 0.717) is 18.2 Å². The molecule has 0 unspecified atom stereocenters. The van der Waals surface area contributed by atoms with E-state index in [9.17, 15) is 26.3 Å². The topological polar surface area (TPSA) is 0 Å². The lowest BCUT2D eigenvalue weighted by molar-refractivity contribution is -0.288. The van der Waals surface area contributed by atoms with Crippen LogP contribution in [0.5, 0.6) is 0 Å². The highest BCUT2D eigenvalue weighted by Gasteiger charge is 2.73. The average Bonchev–Trinajstić information content (AvgIpc) is 2.49. The third kappa shape index (κ3) is 3.18. The van der Waals surface area contributed by atoms with Crippen LogP contribution in [-0.2, 0) is 5.41 Å². The minimum Gasteiger partial charge on any atom is -0.169 e. The van der Waals surface area contributed by atoms with Gasteiger partial charge in [-0.3, -0.25) is 0 Å². The molecule has 0 amide bonds. The van der Waals surface area contributed by atoms with Crippen LogP contribution in [0.15, 0.2) is 36.4 Å². The van der Waals surface area contributed by atoms with E-state index in [1.807, 2.05) is 0 Å². The molecule has 136 valence electrons. The summed E-state index contributed by atoms with van der Waals surface area (Å²) in [5.41, 5.74) is -6.86. The molecule has 10 heteroatoms. The highest BCUT2D eigenvalue weighted by Crippen LogP contribution is 2.59. The molecule has 0 aromatic heterocycles. The first kappa shape index (κ1) is 20.5. The fraction of sp³-hybridized carbons (Fsp3) is 0.200. The molecule has 0 bridgehead atoms. The van der Waals surface area contributed by atoms with E-state index in [2.05, 4.69) is 0 Å². The number of hydrogen-bond donors (Lipinski definition) is 0.